The molecule has 2 unspecified atom stereocenters. The number of hydrogen-bond acceptors (Lipinski definition) is 4. The van der Waals surface area contributed by atoms with E-state index in [1.165, 1.54) is 6.07 Å². The van der Waals surface area contributed by atoms with Gasteiger partial charge in [-0.2, -0.15) is 0 Å². The van der Waals surface area contributed by atoms with Gasteiger partial charge in [-0.25, -0.2) is 14.2 Å². The Kier molecular flexibility index (Phi) is 5.29. The molecule has 1 aromatic heterocycles. The summed E-state index contributed by atoms with van der Waals surface area (Å²) in [4.78, 5) is 21.0. The van der Waals surface area contributed by atoms with E-state index >= 15 is 0 Å². The lowest BCUT2D eigenvalue weighted by Crippen LogP contribution is -2.36. The first-order valence-electron chi connectivity index (χ1n) is 9.55. The number of aromatic nitrogens is 2. The molecule has 1 saturated carbocycles. The van der Waals surface area contributed by atoms with Gasteiger partial charge in [0.05, 0.1) is 17.5 Å². The molecular weight excluding hydrogens is 383 g/mol. The minimum Gasteiger partial charge on any atom is -0.389 e. The van der Waals surface area contributed by atoms with Crippen molar-refractivity contribution in [1.82, 2.24) is 19.4 Å². The van der Waals surface area contributed by atoms with Crippen molar-refractivity contribution in [3.8, 4) is 5.88 Å². The van der Waals surface area contributed by atoms with Crippen LogP contribution in [0.4, 0.5) is 9.18 Å². The monoisotopic (exact) mass is 406 g/mol. The Morgan fingerprint density at radius 3 is 2.75 bits per heavy atom. The number of imidazole rings is 1. The number of carbonyl (C=O) groups is 1. The van der Waals surface area contributed by atoms with Crippen molar-refractivity contribution in [3.05, 3.63) is 47.1 Å². The molecule has 0 radical (unpaired) electrons. The summed E-state index contributed by atoms with van der Waals surface area (Å²) in [6.07, 6.45) is 2.78. The molecule has 4 rings (SSSR count). The highest BCUT2D eigenvalue weighted by molar-refractivity contribution is 6.30. The van der Waals surface area contributed by atoms with E-state index in [0.717, 1.165) is 25.2 Å². The van der Waals surface area contributed by atoms with Crippen LogP contribution in [-0.2, 0) is 13.6 Å². The summed E-state index contributed by atoms with van der Waals surface area (Å²) >= 11 is 5.91. The van der Waals surface area contributed by atoms with Gasteiger partial charge in [0.15, 0.2) is 0 Å². The van der Waals surface area contributed by atoms with Gasteiger partial charge in [0.1, 0.15) is 5.82 Å². The average molecular weight is 407 g/mol. The summed E-state index contributed by atoms with van der Waals surface area (Å²) in [5, 5.41) is 0.0532. The van der Waals surface area contributed by atoms with E-state index in [1.807, 2.05) is 7.05 Å². The zero-order chi connectivity index (χ0) is 19.8. The molecule has 1 aliphatic carbocycles. The number of amides is 1. The van der Waals surface area contributed by atoms with Crippen LogP contribution in [0, 0.1) is 23.6 Å². The van der Waals surface area contributed by atoms with Gasteiger partial charge >= 0.3 is 6.09 Å². The van der Waals surface area contributed by atoms with Gasteiger partial charge in [0.25, 0.3) is 0 Å². The van der Waals surface area contributed by atoms with Crippen LogP contribution in [0.1, 0.15) is 12.5 Å². The molecule has 0 spiro atoms. The number of likely N-dealkylation sites (tertiary alicyclic amines) is 1. The highest BCUT2D eigenvalue weighted by atomic mass is 35.5. The van der Waals surface area contributed by atoms with Gasteiger partial charge in [0.2, 0.25) is 5.88 Å². The van der Waals surface area contributed by atoms with E-state index in [4.69, 9.17) is 16.3 Å². The Morgan fingerprint density at radius 2 is 2.14 bits per heavy atom. The molecule has 2 fully saturated rings. The summed E-state index contributed by atoms with van der Waals surface area (Å²) in [6, 6.07) is 4.53. The average Bonchev–Trinajstić information content (AvgIpc) is 3.01. The lowest BCUT2D eigenvalue weighted by Gasteiger charge is -2.24. The molecule has 150 valence electrons. The van der Waals surface area contributed by atoms with Crippen molar-refractivity contribution < 1.29 is 13.9 Å². The standard InChI is InChI=1S/C20H24ClFN4O2/c1-3-25-8-14-15(9-25)16(14)10-26(7-13-4-5-18(22)17(21)6-13)20(27)28-19-11-24(2)12-23-19/h4-6,11-12,14-16H,3,7-10H2,1-2H3. The van der Waals surface area contributed by atoms with Crippen molar-refractivity contribution in [1.29, 1.82) is 0 Å². The summed E-state index contributed by atoms with van der Waals surface area (Å²) in [6.45, 7) is 6.37. The normalized spacial score (nSPS) is 23.5. The van der Waals surface area contributed by atoms with E-state index in [1.54, 1.807) is 34.1 Å². The first kappa shape index (κ1) is 19.2. The minimum atomic E-state index is -0.468. The number of nitrogens with zero attached hydrogens (tertiary/aromatic N) is 4. The van der Waals surface area contributed by atoms with E-state index in [9.17, 15) is 9.18 Å². The second-order valence-electron chi connectivity index (χ2n) is 7.72. The van der Waals surface area contributed by atoms with E-state index in [0.29, 0.717) is 30.8 Å². The number of halogens is 2. The Bertz CT molecular complexity index is 862. The first-order chi connectivity index (χ1) is 13.4. The molecule has 2 aromatic rings. The molecule has 2 atom stereocenters. The van der Waals surface area contributed by atoms with Gasteiger partial charge in [-0.15, -0.1) is 0 Å². The third-order valence-corrected chi connectivity index (χ3v) is 6.10. The van der Waals surface area contributed by atoms with Gasteiger partial charge in [-0.1, -0.05) is 24.6 Å². The largest absolute Gasteiger partial charge is 0.416 e. The lowest BCUT2D eigenvalue weighted by molar-refractivity contribution is 0.141. The topological polar surface area (TPSA) is 50.6 Å². The smallest absolute Gasteiger partial charge is 0.389 e. The third-order valence-electron chi connectivity index (χ3n) is 5.81. The fourth-order valence-corrected chi connectivity index (χ4v) is 4.38. The molecule has 8 heteroatoms. The van der Waals surface area contributed by atoms with Crippen LogP contribution in [0.15, 0.2) is 30.7 Å². The molecule has 1 amide bonds. The zero-order valence-corrected chi connectivity index (χ0v) is 16.8. The number of ether oxygens (including phenoxy) is 1. The molecule has 0 N–H and O–H groups in total. The van der Waals surface area contributed by atoms with Crippen molar-refractivity contribution in [3.63, 3.8) is 0 Å². The van der Waals surface area contributed by atoms with Crippen LogP contribution in [0.25, 0.3) is 0 Å². The van der Waals surface area contributed by atoms with Crippen LogP contribution < -0.4 is 4.74 Å². The predicted octanol–water partition coefficient (Wildman–Crippen LogP) is 3.41. The summed E-state index contributed by atoms with van der Waals surface area (Å²) in [5.74, 6) is 1.56. The van der Waals surface area contributed by atoms with E-state index < -0.39 is 11.9 Å². The number of rotatable bonds is 6. The van der Waals surface area contributed by atoms with E-state index in [-0.39, 0.29) is 10.9 Å². The summed E-state index contributed by atoms with van der Waals surface area (Å²) < 4.78 is 20.7. The molecule has 2 aliphatic rings. The fourth-order valence-electron chi connectivity index (χ4n) is 4.18. The highest BCUT2D eigenvalue weighted by Crippen LogP contribution is 2.52. The zero-order valence-electron chi connectivity index (χ0n) is 16.0. The Labute approximate surface area is 168 Å². The maximum atomic E-state index is 13.5. The van der Waals surface area contributed by atoms with Crippen LogP contribution in [0.3, 0.4) is 0 Å². The third kappa shape index (κ3) is 4.00. The van der Waals surface area contributed by atoms with E-state index in [2.05, 4.69) is 16.8 Å². The number of carbonyl (C=O) groups excluding carboxylic acids is 1. The van der Waals surface area contributed by atoms with Gasteiger partial charge in [0, 0.05) is 33.2 Å². The lowest BCUT2D eigenvalue weighted by atomic mass is 10.2. The number of piperidine rings is 1. The van der Waals surface area contributed by atoms with Crippen LogP contribution in [0.5, 0.6) is 5.88 Å². The summed E-state index contributed by atoms with van der Waals surface area (Å²) in [7, 11) is 1.81. The van der Waals surface area contributed by atoms with Crippen LogP contribution in [-0.4, -0.2) is 51.6 Å². The van der Waals surface area contributed by atoms with Gasteiger partial charge in [-0.05, 0) is 42.0 Å². The van der Waals surface area contributed by atoms with Crippen molar-refractivity contribution in [2.75, 3.05) is 26.2 Å². The molecule has 2 heterocycles. The second-order valence-corrected chi connectivity index (χ2v) is 8.13. The molecular formula is C20H24ClFN4O2. The number of benzene rings is 1. The van der Waals surface area contributed by atoms with Crippen molar-refractivity contribution in [2.45, 2.75) is 13.5 Å². The SMILES string of the molecule is CCN1CC2C(C1)C2CN(Cc1ccc(F)c(Cl)c1)C(=O)Oc1cn(C)cn1. The number of hydrogen-bond donors (Lipinski definition) is 0. The molecule has 1 saturated heterocycles. The van der Waals surface area contributed by atoms with Crippen LogP contribution >= 0.6 is 11.6 Å². The maximum Gasteiger partial charge on any atom is 0.416 e. The Hall–Kier alpha value is -2.12. The molecule has 1 aromatic carbocycles. The van der Waals surface area contributed by atoms with Crippen molar-refractivity contribution in [2.24, 2.45) is 24.8 Å². The second kappa shape index (κ2) is 7.72. The van der Waals surface area contributed by atoms with Gasteiger partial charge < -0.3 is 19.1 Å². The molecule has 28 heavy (non-hydrogen) atoms. The predicted molar refractivity (Wildman–Crippen MR) is 104 cm³/mol. The quantitative estimate of drug-likeness (QED) is 0.737. The first-order valence-corrected chi connectivity index (χ1v) is 9.93. The van der Waals surface area contributed by atoms with Crippen LogP contribution in [0.2, 0.25) is 5.02 Å². The number of aryl methyl sites for hydroxylation is 1. The van der Waals surface area contributed by atoms with Crippen molar-refractivity contribution >= 4 is 17.7 Å². The number of fused-ring (bicyclic) bond motifs is 1. The molecule has 1 aliphatic heterocycles. The molecule has 0 bridgehead atoms. The summed E-state index contributed by atoms with van der Waals surface area (Å²) in [5.41, 5.74) is 0.769. The Balaban J connectivity index is 1.46. The van der Waals surface area contributed by atoms with Gasteiger partial charge in [-0.3, -0.25) is 0 Å². The maximum absolute atomic E-state index is 13.5. The highest BCUT2D eigenvalue weighted by Gasteiger charge is 2.55. The molecule has 6 nitrogen and oxygen atoms in total. The minimum absolute atomic E-state index is 0.0532. The fraction of sp³-hybridized carbons (Fsp3) is 0.500. The Morgan fingerprint density at radius 1 is 1.39 bits per heavy atom.